The van der Waals surface area contributed by atoms with Crippen molar-refractivity contribution in [3.05, 3.63) is 81.0 Å². The van der Waals surface area contributed by atoms with E-state index in [4.69, 9.17) is 0 Å². The number of benzene rings is 1. The molecule has 8 nitrogen and oxygen atoms in total. The molecule has 4 N–H and O–H groups in total. The Bertz CT molecular complexity index is 1050. The highest BCUT2D eigenvalue weighted by Crippen LogP contribution is 2.29. The van der Waals surface area contributed by atoms with Gasteiger partial charge in [0, 0.05) is 24.2 Å². The molecular formula is C17H15FN4O4S2. The van der Waals surface area contributed by atoms with Crippen LogP contribution in [0.15, 0.2) is 52.8 Å². The van der Waals surface area contributed by atoms with E-state index in [1.54, 1.807) is 17.5 Å². The first kappa shape index (κ1) is 19.9. The standard InChI is InChI=1S/C17H15FN4O4S2/c18-12-3-1-2-10(6-12)7-20-16(24)22-17-21-13(9-27-17)15(28(25)26)11-4-5-14(23)19-8-11/h1-6,8-9,15H,7H2,(H,19,23)(H,25,26)(H2,20,21,22,24). The quantitative estimate of drug-likeness (QED) is 0.455. The van der Waals surface area contributed by atoms with Crippen LogP contribution < -0.4 is 16.2 Å². The van der Waals surface area contributed by atoms with E-state index in [0.29, 0.717) is 11.1 Å². The summed E-state index contributed by atoms with van der Waals surface area (Å²) in [7, 11) is 0. The summed E-state index contributed by atoms with van der Waals surface area (Å²) in [5.74, 6) is -0.394. The van der Waals surface area contributed by atoms with Gasteiger partial charge in [-0.05, 0) is 23.3 Å². The Morgan fingerprint density at radius 1 is 1.36 bits per heavy atom. The summed E-state index contributed by atoms with van der Waals surface area (Å²) in [4.78, 5) is 29.8. The van der Waals surface area contributed by atoms with E-state index in [1.165, 1.54) is 30.5 Å². The van der Waals surface area contributed by atoms with E-state index in [1.807, 2.05) is 0 Å². The van der Waals surface area contributed by atoms with Crippen molar-refractivity contribution < 1.29 is 17.9 Å². The van der Waals surface area contributed by atoms with Gasteiger partial charge in [0.1, 0.15) is 11.1 Å². The van der Waals surface area contributed by atoms with Crippen LogP contribution in [0, 0.1) is 5.82 Å². The number of urea groups is 1. The zero-order valence-electron chi connectivity index (χ0n) is 14.2. The summed E-state index contributed by atoms with van der Waals surface area (Å²) in [5, 5.41) is 5.90. The molecule has 2 atom stereocenters. The Hall–Kier alpha value is -2.89. The first-order chi connectivity index (χ1) is 13.4. The van der Waals surface area contributed by atoms with Crippen molar-refractivity contribution in [2.75, 3.05) is 5.32 Å². The number of amides is 2. The molecule has 2 unspecified atom stereocenters. The minimum absolute atomic E-state index is 0.127. The number of carbonyl (C=O) groups excluding carboxylic acids is 1. The number of aromatic nitrogens is 2. The van der Waals surface area contributed by atoms with Crippen LogP contribution in [-0.4, -0.2) is 24.8 Å². The molecule has 0 radical (unpaired) electrons. The molecule has 2 heterocycles. The lowest BCUT2D eigenvalue weighted by atomic mass is 10.2. The van der Waals surface area contributed by atoms with Crippen LogP contribution in [-0.2, 0) is 17.6 Å². The van der Waals surface area contributed by atoms with E-state index >= 15 is 0 Å². The molecule has 0 fully saturated rings. The minimum Gasteiger partial charge on any atom is -0.334 e. The predicted octanol–water partition coefficient (Wildman–Crippen LogP) is 2.60. The number of pyridine rings is 1. The van der Waals surface area contributed by atoms with Crippen LogP contribution in [0.2, 0.25) is 0 Å². The van der Waals surface area contributed by atoms with Crippen molar-refractivity contribution in [1.29, 1.82) is 0 Å². The van der Waals surface area contributed by atoms with E-state index in [0.717, 1.165) is 11.3 Å². The third kappa shape index (κ3) is 5.09. The van der Waals surface area contributed by atoms with E-state index in [9.17, 15) is 22.7 Å². The average Bonchev–Trinajstić information content (AvgIpc) is 3.09. The second-order valence-electron chi connectivity index (χ2n) is 5.66. The predicted molar refractivity (Wildman–Crippen MR) is 104 cm³/mol. The van der Waals surface area contributed by atoms with Gasteiger partial charge in [-0.3, -0.25) is 10.1 Å². The molecule has 3 rings (SSSR count). The molecule has 0 aliphatic rings. The van der Waals surface area contributed by atoms with Crippen molar-refractivity contribution >= 4 is 33.6 Å². The van der Waals surface area contributed by atoms with Crippen molar-refractivity contribution in [3.63, 3.8) is 0 Å². The lowest BCUT2D eigenvalue weighted by molar-refractivity contribution is 0.251. The maximum absolute atomic E-state index is 13.1. The summed E-state index contributed by atoms with van der Waals surface area (Å²) in [5.41, 5.74) is 0.955. The highest BCUT2D eigenvalue weighted by atomic mass is 32.2. The van der Waals surface area contributed by atoms with Gasteiger partial charge in [0.25, 0.3) is 0 Å². The Labute approximate surface area is 165 Å². The molecule has 0 spiro atoms. The molecule has 0 saturated carbocycles. The highest BCUT2D eigenvalue weighted by molar-refractivity contribution is 7.79. The summed E-state index contributed by atoms with van der Waals surface area (Å²) >= 11 is -1.20. The van der Waals surface area contributed by atoms with Gasteiger partial charge in [0.2, 0.25) is 5.56 Å². The first-order valence-corrected chi connectivity index (χ1v) is 10.0. The van der Waals surface area contributed by atoms with Crippen molar-refractivity contribution in [1.82, 2.24) is 15.3 Å². The average molecular weight is 422 g/mol. The van der Waals surface area contributed by atoms with Crippen molar-refractivity contribution in [3.8, 4) is 0 Å². The lowest BCUT2D eigenvalue weighted by Gasteiger charge is -2.10. The molecule has 11 heteroatoms. The number of thiazole rings is 1. The van der Waals surface area contributed by atoms with Gasteiger partial charge in [-0.2, -0.15) is 0 Å². The Morgan fingerprint density at radius 3 is 2.86 bits per heavy atom. The van der Waals surface area contributed by atoms with Gasteiger partial charge in [0.05, 0.1) is 5.69 Å². The molecular weight excluding hydrogens is 407 g/mol. The molecule has 146 valence electrons. The minimum atomic E-state index is -2.28. The van der Waals surface area contributed by atoms with Crippen LogP contribution in [0.1, 0.15) is 22.1 Å². The van der Waals surface area contributed by atoms with E-state index in [2.05, 4.69) is 20.6 Å². The zero-order valence-corrected chi connectivity index (χ0v) is 15.8. The second-order valence-corrected chi connectivity index (χ2v) is 7.54. The number of nitrogens with zero attached hydrogens (tertiary/aromatic N) is 1. The fourth-order valence-corrected chi connectivity index (χ4v) is 3.93. The highest BCUT2D eigenvalue weighted by Gasteiger charge is 2.24. The van der Waals surface area contributed by atoms with Crippen LogP contribution in [0.5, 0.6) is 0 Å². The molecule has 0 bridgehead atoms. The largest absolute Gasteiger partial charge is 0.334 e. The topological polar surface area (TPSA) is 124 Å². The summed E-state index contributed by atoms with van der Waals surface area (Å²) < 4.78 is 34.5. The summed E-state index contributed by atoms with van der Waals surface area (Å²) in [6.45, 7) is 0.127. The maximum Gasteiger partial charge on any atom is 0.321 e. The molecule has 0 aliphatic heterocycles. The number of nitrogens with one attached hydrogen (secondary N) is 3. The molecule has 3 aromatic rings. The van der Waals surface area contributed by atoms with Crippen LogP contribution in [0.4, 0.5) is 14.3 Å². The molecule has 2 amide bonds. The number of aromatic amines is 1. The Balaban J connectivity index is 1.66. The SMILES string of the molecule is O=C(NCc1cccc(F)c1)Nc1nc(C(c2ccc(=O)[nH]c2)S(=O)O)cs1. The second kappa shape index (κ2) is 8.87. The van der Waals surface area contributed by atoms with E-state index < -0.39 is 28.2 Å². The monoisotopic (exact) mass is 422 g/mol. The smallest absolute Gasteiger partial charge is 0.321 e. The third-order valence-corrected chi connectivity index (χ3v) is 5.36. The van der Waals surface area contributed by atoms with Crippen molar-refractivity contribution in [2.45, 2.75) is 11.8 Å². The number of halogens is 1. The molecule has 0 saturated heterocycles. The van der Waals surface area contributed by atoms with Gasteiger partial charge in [-0.15, -0.1) is 11.3 Å². The number of rotatable bonds is 6. The normalized spacial score (nSPS) is 12.9. The fraction of sp³-hybridized carbons (Fsp3) is 0.118. The molecule has 1 aromatic carbocycles. The van der Waals surface area contributed by atoms with Gasteiger partial charge < -0.3 is 14.9 Å². The first-order valence-electron chi connectivity index (χ1n) is 7.95. The maximum atomic E-state index is 13.1. The van der Waals surface area contributed by atoms with Gasteiger partial charge in [-0.25, -0.2) is 18.4 Å². The van der Waals surface area contributed by atoms with Crippen LogP contribution in [0.3, 0.4) is 0 Å². The third-order valence-electron chi connectivity index (χ3n) is 3.67. The number of hydrogen-bond donors (Lipinski definition) is 4. The molecule has 28 heavy (non-hydrogen) atoms. The van der Waals surface area contributed by atoms with Crippen LogP contribution in [0.25, 0.3) is 0 Å². The summed E-state index contributed by atoms with van der Waals surface area (Å²) in [6.07, 6.45) is 1.35. The van der Waals surface area contributed by atoms with Crippen molar-refractivity contribution in [2.24, 2.45) is 0 Å². The fourth-order valence-electron chi connectivity index (χ4n) is 2.41. The zero-order chi connectivity index (χ0) is 20.1. The van der Waals surface area contributed by atoms with Gasteiger partial charge in [0.15, 0.2) is 16.2 Å². The summed E-state index contributed by atoms with van der Waals surface area (Å²) in [6, 6.07) is 7.99. The molecule has 2 aromatic heterocycles. The lowest BCUT2D eigenvalue weighted by Crippen LogP contribution is -2.28. The van der Waals surface area contributed by atoms with Gasteiger partial charge in [-0.1, -0.05) is 18.2 Å². The number of carbonyl (C=O) groups is 1. The number of H-pyrrole nitrogens is 1. The number of hydrogen-bond acceptors (Lipinski definition) is 5. The van der Waals surface area contributed by atoms with Crippen LogP contribution >= 0.6 is 11.3 Å². The Morgan fingerprint density at radius 2 is 2.18 bits per heavy atom. The molecule has 0 aliphatic carbocycles. The number of anilines is 1. The Kier molecular flexibility index (Phi) is 6.29. The van der Waals surface area contributed by atoms with Gasteiger partial charge >= 0.3 is 6.03 Å². The van der Waals surface area contributed by atoms with E-state index in [-0.39, 0.29) is 22.9 Å².